The Hall–Kier alpha value is -3.39. The summed E-state index contributed by atoms with van der Waals surface area (Å²) in [4.78, 5) is 38.8. The van der Waals surface area contributed by atoms with Crippen molar-refractivity contribution >= 4 is 40.5 Å². The monoisotopic (exact) mass is 547 g/mol. The van der Waals surface area contributed by atoms with Crippen LogP contribution in [0.1, 0.15) is 71.5 Å². The molecule has 5 rings (SSSR count). The molecule has 15 heteroatoms. The number of imidazole rings is 1. The first-order valence-electron chi connectivity index (χ1n) is 12.7. The molecule has 204 valence electrons. The van der Waals surface area contributed by atoms with Crippen LogP contribution in [0.15, 0.2) is 6.33 Å². The van der Waals surface area contributed by atoms with Crippen molar-refractivity contribution in [2.75, 3.05) is 5.32 Å². The third-order valence-electron chi connectivity index (χ3n) is 6.82. The number of carbonyl (C=O) groups excluding carboxylic acids is 2. The summed E-state index contributed by atoms with van der Waals surface area (Å²) in [6.07, 6.45) is 1.74. The molecule has 1 N–H and O–H groups in total. The molecule has 4 atom stereocenters. The molecule has 0 spiro atoms. The zero-order valence-corrected chi connectivity index (χ0v) is 22.3. The van der Waals surface area contributed by atoms with Gasteiger partial charge < -0.3 is 19.5 Å². The van der Waals surface area contributed by atoms with Crippen molar-refractivity contribution in [1.29, 1.82) is 0 Å². The number of hydrogen-bond donors (Lipinski definition) is 1. The number of nitrogens with zero attached hydrogens (tertiary/aromatic N) is 8. The van der Waals surface area contributed by atoms with Crippen molar-refractivity contribution in [2.45, 2.75) is 90.5 Å². The van der Waals surface area contributed by atoms with E-state index in [1.807, 2.05) is 6.92 Å². The quantitative estimate of drug-likeness (QED) is 0.340. The molecule has 0 bridgehead atoms. The number of esters is 2. The van der Waals surface area contributed by atoms with Gasteiger partial charge >= 0.3 is 11.9 Å². The highest BCUT2D eigenvalue weighted by Crippen LogP contribution is 2.42. The number of nitrogens with one attached hydrogen (secondary N) is 1. The standard InChI is InChI=1S/C23H30ClN9O5/c1-5-33-30-20(29-31-33)17-16(36-12(3)34)18(37-13(4)35)22(38-17)32-10-25-15-19(27-23(24)28-21(15)32)26-14-8-6-11(2)7-9-14/h10-11,14,16-18,22H,5-9H2,1-4H3,(H,26,27,28)/t11?,14?,16-,17+,18-,22-/m1/s1. The van der Waals surface area contributed by atoms with E-state index in [0.717, 1.165) is 25.7 Å². The molecule has 0 amide bonds. The molecule has 3 aromatic heterocycles. The number of halogens is 1. The van der Waals surface area contributed by atoms with Crippen LogP contribution in [-0.4, -0.2) is 69.9 Å². The minimum atomic E-state index is -1.06. The molecule has 1 saturated heterocycles. The minimum Gasteiger partial charge on any atom is -0.455 e. The van der Waals surface area contributed by atoms with E-state index in [1.54, 1.807) is 4.57 Å². The second-order valence-corrected chi connectivity index (χ2v) is 10.0. The van der Waals surface area contributed by atoms with Gasteiger partial charge in [0, 0.05) is 19.9 Å². The van der Waals surface area contributed by atoms with Crippen molar-refractivity contribution in [1.82, 2.24) is 39.7 Å². The highest BCUT2D eigenvalue weighted by molar-refractivity contribution is 6.28. The number of carbonyl (C=O) groups is 2. The molecule has 1 aliphatic heterocycles. The second kappa shape index (κ2) is 10.8. The third-order valence-corrected chi connectivity index (χ3v) is 6.99. The first-order valence-corrected chi connectivity index (χ1v) is 13.1. The van der Waals surface area contributed by atoms with Gasteiger partial charge in [0.15, 0.2) is 41.5 Å². The molecular formula is C23H30ClN9O5. The van der Waals surface area contributed by atoms with E-state index in [-0.39, 0.29) is 17.1 Å². The normalized spacial score (nSPS) is 27.4. The molecule has 0 unspecified atom stereocenters. The van der Waals surface area contributed by atoms with Crippen LogP contribution in [0.3, 0.4) is 0 Å². The van der Waals surface area contributed by atoms with Gasteiger partial charge in [0.2, 0.25) is 11.1 Å². The van der Waals surface area contributed by atoms with Crippen molar-refractivity contribution < 1.29 is 23.8 Å². The summed E-state index contributed by atoms with van der Waals surface area (Å²) in [5, 5.41) is 15.9. The highest BCUT2D eigenvalue weighted by Gasteiger charge is 2.53. The molecule has 3 aromatic rings. The number of ether oxygens (including phenoxy) is 3. The van der Waals surface area contributed by atoms with Crippen molar-refractivity contribution in [3.63, 3.8) is 0 Å². The fourth-order valence-corrected chi connectivity index (χ4v) is 5.15. The molecule has 1 saturated carbocycles. The zero-order chi connectivity index (χ0) is 27.0. The number of anilines is 1. The van der Waals surface area contributed by atoms with Crippen LogP contribution in [-0.2, 0) is 30.3 Å². The molecule has 1 aliphatic carbocycles. The second-order valence-electron chi connectivity index (χ2n) is 9.70. The maximum Gasteiger partial charge on any atom is 0.303 e. The van der Waals surface area contributed by atoms with Crippen LogP contribution in [0, 0.1) is 5.92 Å². The largest absolute Gasteiger partial charge is 0.455 e. The van der Waals surface area contributed by atoms with E-state index in [0.29, 0.717) is 29.4 Å². The molecule has 0 aromatic carbocycles. The summed E-state index contributed by atoms with van der Waals surface area (Å²) in [7, 11) is 0. The van der Waals surface area contributed by atoms with Crippen LogP contribution >= 0.6 is 11.6 Å². The SMILES string of the molecule is CCn1nnc([C@H]2O[C@@H](n3cnc4c(NC5CCC(C)CC5)nc(Cl)nc43)[C@H](OC(C)=O)[C@@H]2OC(C)=O)n1. The summed E-state index contributed by atoms with van der Waals surface area (Å²) >= 11 is 6.33. The number of tetrazole rings is 1. The molecule has 4 heterocycles. The number of aryl methyl sites for hydroxylation is 1. The highest BCUT2D eigenvalue weighted by atomic mass is 35.5. The fraction of sp³-hybridized carbons (Fsp3) is 0.652. The van der Waals surface area contributed by atoms with Gasteiger partial charge in [-0.15, -0.1) is 10.2 Å². The molecule has 2 aliphatic rings. The summed E-state index contributed by atoms with van der Waals surface area (Å²) in [6, 6.07) is 0.243. The minimum absolute atomic E-state index is 0.0219. The molecule has 2 fully saturated rings. The zero-order valence-electron chi connectivity index (χ0n) is 21.6. The van der Waals surface area contributed by atoms with Gasteiger partial charge in [-0.25, -0.2) is 4.98 Å². The molecule has 14 nitrogen and oxygen atoms in total. The lowest BCUT2D eigenvalue weighted by Gasteiger charge is -2.27. The lowest BCUT2D eigenvalue weighted by atomic mass is 9.87. The Labute approximate surface area is 223 Å². The Morgan fingerprint density at radius 3 is 2.50 bits per heavy atom. The molecule has 38 heavy (non-hydrogen) atoms. The Kier molecular flexibility index (Phi) is 7.43. The van der Waals surface area contributed by atoms with Crippen LogP contribution in [0.5, 0.6) is 0 Å². The number of hydrogen-bond acceptors (Lipinski definition) is 12. The van der Waals surface area contributed by atoms with Crippen LogP contribution in [0.25, 0.3) is 11.2 Å². The van der Waals surface area contributed by atoms with E-state index in [1.165, 1.54) is 25.0 Å². The Morgan fingerprint density at radius 2 is 1.84 bits per heavy atom. The van der Waals surface area contributed by atoms with Crippen molar-refractivity contribution in [3.05, 3.63) is 17.4 Å². The lowest BCUT2D eigenvalue weighted by Crippen LogP contribution is -2.37. The number of fused-ring (bicyclic) bond motifs is 1. The first kappa shape index (κ1) is 26.2. The van der Waals surface area contributed by atoms with Gasteiger partial charge in [0.1, 0.15) is 0 Å². The van der Waals surface area contributed by atoms with Crippen LogP contribution < -0.4 is 5.32 Å². The lowest BCUT2D eigenvalue weighted by molar-refractivity contribution is -0.165. The summed E-state index contributed by atoms with van der Waals surface area (Å²) < 4.78 is 19.1. The predicted octanol–water partition coefficient (Wildman–Crippen LogP) is 2.61. The Bertz CT molecular complexity index is 1320. The van der Waals surface area contributed by atoms with E-state index in [2.05, 4.69) is 42.6 Å². The molecular weight excluding hydrogens is 518 g/mol. The summed E-state index contributed by atoms with van der Waals surface area (Å²) in [5.41, 5.74) is 0.854. The van der Waals surface area contributed by atoms with Crippen LogP contribution in [0.2, 0.25) is 5.28 Å². The van der Waals surface area contributed by atoms with Gasteiger partial charge in [0.25, 0.3) is 0 Å². The van der Waals surface area contributed by atoms with Gasteiger partial charge in [-0.05, 0) is 55.3 Å². The topological polar surface area (TPSA) is 161 Å². The smallest absolute Gasteiger partial charge is 0.303 e. The van der Waals surface area contributed by atoms with E-state index >= 15 is 0 Å². The number of aromatic nitrogens is 8. The fourth-order valence-electron chi connectivity index (χ4n) is 4.99. The van der Waals surface area contributed by atoms with Gasteiger partial charge in [-0.2, -0.15) is 14.8 Å². The first-order chi connectivity index (χ1) is 18.2. The summed E-state index contributed by atoms with van der Waals surface area (Å²) in [6.45, 7) is 7.11. The van der Waals surface area contributed by atoms with E-state index in [4.69, 9.17) is 25.8 Å². The Balaban J connectivity index is 1.53. The van der Waals surface area contributed by atoms with Crippen molar-refractivity contribution in [2.24, 2.45) is 5.92 Å². The van der Waals surface area contributed by atoms with E-state index in [9.17, 15) is 9.59 Å². The van der Waals surface area contributed by atoms with Crippen LogP contribution in [0.4, 0.5) is 5.82 Å². The predicted molar refractivity (Wildman–Crippen MR) is 133 cm³/mol. The average Bonchev–Trinajstić information content (AvgIpc) is 3.58. The van der Waals surface area contributed by atoms with Crippen molar-refractivity contribution in [3.8, 4) is 0 Å². The summed E-state index contributed by atoms with van der Waals surface area (Å²) in [5.74, 6) is 0.228. The van der Waals surface area contributed by atoms with Gasteiger partial charge in [-0.1, -0.05) is 6.92 Å². The van der Waals surface area contributed by atoms with Gasteiger partial charge in [0.05, 0.1) is 12.9 Å². The Morgan fingerprint density at radius 1 is 1.13 bits per heavy atom. The maximum absolute atomic E-state index is 12.1. The van der Waals surface area contributed by atoms with Gasteiger partial charge in [-0.3, -0.25) is 14.2 Å². The molecule has 0 radical (unpaired) electrons. The van der Waals surface area contributed by atoms with E-state index < -0.39 is 36.5 Å². The third kappa shape index (κ3) is 5.27. The maximum atomic E-state index is 12.1. The number of rotatable bonds is 7. The average molecular weight is 548 g/mol.